The molecular formula is C22H24N6O3. The number of rotatable bonds is 7. The van der Waals surface area contributed by atoms with Gasteiger partial charge in [-0.1, -0.05) is 6.07 Å². The molecule has 1 saturated heterocycles. The molecule has 0 saturated carbocycles. The Labute approximate surface area is 180 Å². The maximum Gasteiger partial charge on any atom is 0.260 e. The third kappa shape index (κ3) is 5.39. The molecule has 1 aliphatic rings. The van der Waals surface area contributed by atoms with Crippen LogP contribution in [-0.4, -0.2) is 65.7 Å². The maximum absolute atomic E-state index is 12.5. The molecule has 1 aromatic carbocycles. The van der Waals surface area contributed by atoms with E-state index < -0.39 is 0 Å². The Balaban J connectivity index is 1.28. The molecule has 3 aromatic rings. The first-order valence-electron chi connectivity index (χ1n) is 10.0. The van der Waals surface area contributed by atoms with Crippen molar-refractivity contribution in [3.05, 3.63) is 61.1 Å². The zero-order valence-electron chi connectivity index (χ0n) is 17.3. The predicted octanol–water partition coefficient (Wildman–Crippen LogP) is 2.35. The largest absolute Gasteiger partial charge is 0.497 e. The third-order valence-corrected chi connectivity index (χ3v) is 4.95. The van der Waals surface area contributed by atoms with Crippen LogP contribution in [0.2, 0.25) is 0 Å². The molecule has 0 bridgehead atoms. The third-order valence-electron chi connectivity index (χ3n) is 4.95. The fourth-order valence-corrected chi connectivity index (χ4v) is 3.25. The molecule has 0 unspecified atom stereocenters. The number of pyridine rings is 1. The molecule has 9 heteroatoms. The average molecular weight is 420 g/mol. The lowest BCUT2D eigenvalue weighted by atomic mass is 10.3. The Kier molecular flexibility index (Phi) is 6.41. The number of anilines is 3. The summed E-state index contributed by atoms with van der Waals surface area (Å²) in [6.45, 7) is 2.61. The number of piperazine rings is 1. The molecule has 4 rings (SSSR count). The summed E-state index contributed by atoms with van der Waals surface area (Å²) < 4.78 is 10.7. The predicted molar refractivity (Wildman–Crippen MR) is 117 cm³/mol. The number of carbonyl (C=O) groups is 1. The van der Waals surface area contributed by atoms with E-state index >= 15 is 0 Å². The van der Waals surface area contributed by atoms with Gasteiger partial charge in [0.15, 0.2) is 6.61 Å². The lowest BCUT2D eigenvalue weighted by Crippen LogP contribution is -2.50. The van der Waals surface area contributed by atoms with Crippen LogP contribution in [0.25, 0.3) is 0 Å². The van der Waals surface area contributed by atoms with Crippen LogP contribution in [0.3, 0.4) is 0 Å². The molecule has 1 fully saturated rings. The highest BCUT2D eigenvalue weighted by Crippen LogP contribution is 2.19. The van der Waals surface area contributed by atoms with Gasteiger partial charge in [-0.2, -0.15) is 0 Å². The molecule has 2 aromatic heterocycles. The minimum Gasteiger partial charge on any atom is -0.497 e. The fourth-order valence-electron chi connectivity index (χ4n) is 3.25. The number of hydrogen-bond acceptors (Lipinski definition) is 8. The first-order valence-corrected chi connectivity index (χ1v) is 10.0. The maximum atomic E-state index is 12.5. The second-order valence-corrected chi connectivity index (χ2v) is 6.93. The van der Waals surface area contributed by atoms with Gasteiger partial charge in [0, 0.05) is 38.4 Å². The number of aromatic nitrogens is 3. The van der Waals surface area contributed by atoms with Gasteiger partial charge >= 0.3 is 0 Å². The zero-order valence-corrected chi connectivity index (χ0v) is 17.3. The van der Waals surface area contributed by atoms with Crippen LogP contribution < -0.4 is 19.7 Å². The molecule has 9 nitrogen and oxygen atoms in total. The lowest BCUT2D eigenvalue weighted by Gasteiger charge is -2.35. The van der Waals surface area contributed by atoms with E-state index in [2.05, 4.69) is 25.2 Å². The van der Waals surface area contributed by atoms with Crippen LogP contribution in [0.1, 0.15) is 0 Å². The molecule has 160 valence electrons. The van der Waals surface area contributed by atoms with Crippen molar-refractivity contribution in [3.63, 3.8) is 0 Å². The summed E-state index contributed by atoms with van der Waals surface area (Å²) in [5.41, 5.74) is 0. The Hall–Kier alpha value is -3.88. The smallest absolute Gasteiger partial charge is 0.260 e. The van der Waals surface area contributed by atoms with E-state index in [1.165, 1.54) is 6.33 Å². The van der Waals surface area contributed by atoms with Crippen LogP contribution >= 0.6 is 0 Å². The number of amides is 1. The number of nitrogens with zero attached hydrogens (tertiary/aromatic N) is 5. The number of nitrogens with one attached hydrogen (secondary N) is 1. The SMILES string of the molecule is COc1ccc(OCC(=O)N2CCN(c3cc(Nc4ccccn4)ncn3)CC2)cc1. The summed E-state index contributed by atoms with van der Waals surface area (Å²) >= 11 is 0. The molecule has 0 atom stereocenters. The standard InChI is InChI=1S/C22H24N6O3/c1-30-17-5-7-18(8-6-17)31-15-22(29)28-12-10-27(11-13-28)21-14-20(24-16-25-21)26-19-4-2-3-9-23-19/h2-9,14,16H,10-13,15H2,1H3,(H,23,24,25,26). The van der Waals surface area contributed by atoms with Gasteiger partial charge in [-0.25, -0.2) is 15.0 Å². The van der Waals surface area contributed by atoms with Crippen molar-refractivity contribution < 1.29 is 14.3 Å². The van der Waals surface area contributed by atoms with Crippen molar-refractivity contribution in [2.24, 2.45) is 0 Å². The van der Waals surface area contributed by atoms with E-state index in [0.29, 0.717) is 37.7 Å². The first kappa shape index (κ1) is 20.4. The lowest BCUT2D eigenvalue weighted by molar-refractivity contribution is -0.133. The highest BCUT2D eigenvalue weighted by atomic mass is 16.5. The molecule has 0 radical (unpaired) electrons. The molecule has 1 N–H and O–H groups in total. The monoisotopic (exact) mass is 420 g/mol. The van der Waals surface area contributed by atoms with Crippen molar-refractivity contribution in [1.29, 1.82) is 0 Å². The first-order chi connectivity index (χ1) is 15.2. The number of hydrogen-bond donors (Lipinski definition) is 1. The summed E-state index contributed by atoms with van der Waals surface area (Å²) in [5, 5.41) is 3.17. The van der Waals surface area contributed by atoms with E-state index in [9.17, 15) is 4.79 Å². The van der Waals surface area contributed by atoms with Crippen LogP contribution in [0.5, 0.6) is 11.5 Å². The molecule has 0 spiro atoms. The molecule has 31 heavy (non-hydrogen) atoms. The van der Waals surface area contributed by atoms with Crippen LogP contribution in [0.15, 0.2) is 61.1 Å². The van der Waals surface area contributed by atoms with Crippen LogP contribution in [-0.2, 0) is 4.79 Å². The molecule has 0 aliphatic carbocycles. The summed E-state index contributed by atoms with van der Waals surface area (Å²) in [4.78, 5) is 29.3. The van der Waals surface area contributed by atoms with Gasteiger partial charge in [0.2, 0.25) is 0 Å². The van der Waals surface area contributed by atoms with E-state index in [-0.39, 0.29) is 12.5 Å². The second-order valence-electron chi connectivity index (χ2n) is 6.93. The fraction of sp³-hybridized carbons (Fsp3) is 0.273. The second kappa shape index (κ2) is 9.75. The normalized spacial score (nSPS) is 13.6. The Morgan fingerprint density at radius 1 is 0.968 bits per heavy atom. The van der Waals surface area contributed by atoms with Crippen molar-refractivity contribution in [1.82, 2.24) is 19.9 Å². The van der Waals surface area contributed by atoms with Gasteiger partial charge in [0.1, 0.15) is 35.3 Å². The quantitative estimate of drug-likeness (QED) is 0.623. The van der Waals surface area contributed by atoms with Crippen molar-refractivity contribution in [2.75, 3.05) is 50.1 Å². The van der Waals surface area contributed by atoms with E-state index in [4.69, 9.17) is 9.47 Å². The Bertz CT molecular complexity index is 992. The number of methoxy groups -OCH3 is 1. The summed E-state index contributed by atoms with van der Waals surface area (Å²) in [6, 6.07) is 14.7. The van der Waals surface area contributed by atoms with Gasteiger partial charge < -0.3 is 24.6 Å². The van der Waals surface area contributed by atoms with Crippen molar-refractivity contribution >= 4 is 23.4 Å². The number of carbonyl (C=O) groups excluding carboxylic acids is 1. The van der Waals surface area contributed by atoms with E-state index in [1.54, 1.807) is 37.6 Å². The number of ether oxygens (including phenoxy) is 2. The number of benzene rings is 1. The average Bonchev–Trinajstić information content (AvgIpc) is 2.84. The van der Waals surface area contributed by atoms with Crippen LogP contribution in [0.4, 0.5) is 17.5 Å². The van der Waals surface area contributed by atoms with Crippen molar-refractivity contribution in [2.45, 2.75) is 0 Å². The Morgan fingerprint density at radius 3 is 2.45 bits per heavy atom. The summed E-state index contributed by atoms with van der Waals surface area (Å²) in [7, 11) is 1.61. The Morgan fingerprint density at radius 2 is 1.74 bits per heavy atom. The molecular weight excluding hydrogens is 396 g/mol. The minimum atomic E-state index is -0.0318. The van der Waals surface area contributed by atoms with Gasteiger partial charge in [0.05, 0.1) is 7.11 Å². The zero-order chi connectivity index (χ0) is 21.5. The van der Waals surface area contributed by atoms with Gasteiger partial charge in [-0.15, -0.1) is 0 Å². The molecule has 1 aliphatic heterocycles. The highest BCUT2D eigenvalue weighted by Gasteiger charge is 2.22. The minimum absolute atomic E-state index is 0.0119. The topological polar surface area (TPSA) is 92.7 Å². The van der Waals surface area contributed by atoms with Gasteiger partial charge in [-0.05, 0) is 36.4 Å². The van der Waals surface area contributed by atoms with E-state index in [1.807, 2.05) is 29.2 Å². The van der Waals surface area contributed by atoms with Crippen LogP contribution in [0, 0.1) is 0 Å². The van der Waals surface area contributed by atoms with E-state index in [0.717, 1.165) is 17.4 Å². The summed E-state index contributed by atoms with van der Waals surface area (Å²) in [5.74, 6) is 3.57. The molecule has 3 heterocycles. The van der Waals surface area contributed by atoms with Crippen molar-refractivity contribution in [3.8, 4) is 11.5 Å². The van der Waals surface area contributed by atoms with Gasteiger partial charge in [0.25, 0.3) is 5.91 Å². The highest BCUT2D eigenvalue weighted by molar-refractivity contribution is 5.78. The molecule has 1 amide bonds. The van der Waals surface area contributed by atoms with Gasteiger partial charge in [-0.3, -0.25) is 4.79 Å². The summed E-state index contributed by atoms with van der Waals surface area (Å²) in [6.07, 6.45) is 3.25.